The molecule has 0 fully saturated rings. The predicted octanol–water partition coefficient (Wildman–Crippen LogP) is 2.88. The Hall–Kier alpha value is -3.19. The van der Waals surface area contributed by atoms with Gasteiger partial charge in [-0.25, -0.2) is 4.98 Å². The molecule has 126 valence electrons. The third kappa shape index (κ3) is 4.21. The molecular weight excluding hydrogens is 338 g/mol. The summed E-state index contributed by atoms with van der Waals surface area (Å²) in [7, 11) is 0. The number of nitrogens with one attached hydrogen (secondary N) is 2. The maximum atomic E-state index is 11.0. The number of carboxylic acid groups (broad SMARTS) is 1. The number of carbonyl (C=O) groups excluding carboxylic acids is 2. The molecule has 3 aromatic rings. The van der Waals surface area contributed by atoms with E-state index in [1.807, 2.05) is 29.6 Å². The molecule has 1 amide bonds. The number of aromatic carboxylic acids is 1. The number of rotatable bonds is 5. The Labute approximate surface area is 148 Å². The molecule has 2 N–H and O–H groups in total. The summed E-state index contributed by atoms with van der Waals surface area (Å²) >= 11 is 1.44. The highest BCUT2D eigenvalue weighted by molar-refractivity contribution is 7.14. The van der Waals surface area contributed by atoms with Crippen LogP contribution in [-0.4, -0.2) is 16.9 Å². The number of hydrogen-bond donors (Lipinski definition) is 2. The zero-order valence-corrected chi connectivity index (χ0v) is 14.1. The third-order valence-electron chi connectivity index (χ3n) is 3.38. The number of aromatic nitrogens is 1. The van der Waals surface area contributed by atoms with Crippen molar-refractivity contribution in [2.45, 2.75) is 6.92 Å². The summed E-state index contributed by atoms with van der Waals surface area (Å²) in [5.74, 6) is -1.32. The first-order valence-corrected chi connectivity index (χ1v) is 8.31. The first-order chi connectivity index (χ1) is 12.0. The molecule has 6 nitrogen and oxygen atoms in total. The first kappa shape index (κ1) is 16.7. The van der Waals surface area contributed by atoms with Crippen molar-refractivity contribution in [1.29, 1.82) is 0 Å². The second kappa shape index (κ2) is 7.14. The molecular formula is C18H14N3O3S-. The topological polar surface area (TPSA) is 94.2 Å². The maximum absolute atomic E-state index is 11.0. The summed E-state index contributed by atoms with van der Waals surface area (Å²) in [6.45, 7) is 1.46. The van der Waals surface area contributed by atoms with Gasteiger partial charge < -0.3 is 20.5 Å². The van der Waals surface area contributed by atoms with Crippen LogP contribution in [0.4, 0.5) is 16.5 Å². The van der Waals surface area contributed by atoms with Crippen LogP contribution in [0, 0.1) is 0 Å². The molecule has 0 unspecified atom stereocenters. The average molecular weight is 352 g/mol. The standard InChI is InChI=1S/C18H15N3O3S/c1-11(22)19-14-6-2-12(3-7-14)16-10-25-18(21-16)20-15-8-4-13(5-9-15)17(23)24/h2-10H,1H3,(H,19,22)(H,20,21)(H,23,24)/p-1. The minimum atomic E-state index is -1.20. The lowest BCUT2D eigenvalue weighted by Gasteiger charge is -2.05. The van der Waals surface area contributed by atoms with Crippen molar-refractivity contribution in [1.82, 2.24) is 4.98 Å². The summed E-state index contributed by atoms with van der Waals surface area (Å²) in [6, 6.07) is 13.7. The van der Waals surface area contributed by atoms with E-state index in [4.69, 9.17) is 0 Å². The van der Waals surface area contributed by atoms with E-state index in [1.54, 1.807) is 12.1 Å². The maximum Gasteiger partial charge on any atom is 0.221 e. The van der Waals surface area contributed by atoms with Gasteiger partial charge in [-0.3, -0.25) is 4.79 Å². The highest BCUT2D eigenvalue weighted by Gasteiger charge is 2.06. The van der Waals surface area contributed by atoms with Crippen molar-refractivity contribution in [3.8, 4) is 11.3 Å². The number of benzene rings is 2. The highest BCUT2D eigenvalue weighted by Crippen LogP contribution is 2.28. The molecule has 0 saturated carbocycles. The zero-order chi connectivity index (χ0) is 17.8. The lowest BCUT2D eigenvalue weighted by Crippen LogP contribution is -2.21. The van der Waals surface area contributed by atoms with E-state index in [-0.39, 0.29) is 11.5 Å². The van der Waals surface area contributed by atoms with Crippen molar-refractivity contribution in [3.63, 3.8) is 0 Å². The molecule has 25 heavy (non-hydrogen) atoms. The number of hydrogen-bond acceptors (Lipinski definition) is 6. The van der Waals surface area contributed by atoms with E-state index in [0.717, 1.165) is 22.6 Å². The van der Waals surface area contributed by atoms with E-state index in [2.05, 4.69) is 15.6 Å². The Balaban J connectivity index is 1.71. The Kier molecular flexibility index (Phi) is 4.76. The third-order valence-corrected chi connectivity index (χ3v) is 4.13. The number of amides is 1. The van der Waals surface area contributed by atoms with Crippen LogP contribution in [-0.2, 0) is 4.79 Å². The van der Waals surface area contributed by atoms with E-state index in [1.165, 1.54) is 30.4 Å². The minimum absolute atomic E-state index is 0.113. The van der Waals surface area contributed by atoms with Gasteiger partial charge in [-0.15, -0.1) is 11.3 Å². The van der Waals surface area contributed by atoms with E-state index in [0.29, 0.717) is 5.13 Å². The van der Waals surface area contributed by atoms with Gasteiger partial charge in [0.2, 0.25) is 5.91 Å². The van der Waals surface area contributed by atoms with Gasteiger partial charge in [0.15, 0.2) is 5.13 Å². The molecule has 0 aliphatic carbocycles. The quantitative estimate of drug-likeness (QED) is 0.736. The SMILES string of the molecule is CC(=O)Nc1ccc(-c2csc(Nc3ccc(C(=O)[O-])cc3)n2)cc1. The average Bonchev–Trinajstić information content (AvgIpc) is 3.04. The summed E-state index contributed by atoms with van der Waals surface area (Å²) < 4.78 is 0. The van der Waals surface area contributed by atoms with Crippen LogP contribution < -0.4 is 15.7 Å². The summed E-state index contributed by atoms with van der Waals surface area (Å²) in [6.07, 6.45) is 0. The van der Waals surface area contributed by atoms with Gasteiger partial charge in [-0.1, -0.05) is 24.3 Å². The Morgan fingerprint density at radius 1 is 1.00 bits per heavy atom. The number of carboxylic acids is 1. The molecule has 0 saturated heterocycles. The Morgan fingerprint density at radius 2 is 1.64 bits per heavy atom. The van der Waals surface area contributed by atoms with E-state index >= 15 is 0 Å². The van der Waals surface area contributed by atoms with Crippen molar-refractivity contribution in [3.05, 3.63) is 59.5 Å². The van der Waals surface area contributed by atoms with Gasteiger partial charge in [0, 0.05) is 29.2 Å². The molecule has 0 aliphatic heterocycles. The van der Waals surface area contributed by atoms with Crippen LogP contribution in [0.2, 0.25) is 0 Å². The zero-order valence-electron chi connectivity index (χ0n) is 13.3. The molecule has 0 bridgehead atoms. The second-order valence-corrected chi connectivity index (χ2v) is 6.14. The Morgan fingerprint density at radius 3 is 2.24 bits per heavy atom. The monoisotopic (exact) mass is 352 g/mol. The number of thiazole rings is 1. The van der Waals surface area contributed by atoms with Crippen molar-refractivity contribution in [2.75, 3.05) is 10.6 Å². The summed E-state index contributed by atoms with van der Waals surface area (Å²) in [5, 5.41) is 19.2. The second-order valence-electron chi connectivity index (χ2n) is 5.29. The van der Waals surface area contributed by atoms with Gasteiger partial charge in [-0.2, -0.15) is 0 Å². The van der Waals surface area contributed by atoms with E-state index in [9.17, 15) is 14.7 Å². The van der Waals surface area contributed by atoms with Gasteiger partial charge >= 0.3 is 0 Å². The van der Waals surface area contributed by atoms with Crippen LogP contribution in [0.5, 0.6) is 0 Å². The van der Waals surface area contributed by atoms with Gasteiger partial charge in [0.1, 0.15) is 0 Å². The lowest BCUT2D eigenvalue weighted by atomic mass is 10.1. The van der Waals surface area contributed by atoms with Crippen molar-refractivity contribution >= 4 is 39.7 Å². The molecule has 0 spiro atoms. The predicted molar refractivity (Wildman–Crippen MR) is 95.9 cm³/mol. The van der Waals surface area contributed by atoms with Gasteiger partial charge in [0.05, 0.1) is 11.7 Å². The number of nitrogens with zero attached hydrogens (tertiary/aromatic N) is 1. The fraction of sp³-hybridized carbons (Fsp3) is 0.0556. The van der Waals surface area contributed by atoms with Crippen molar-refractivity contribution in [2.24, 2.45) is 0 Å². The Bertz CT molecular complexity index is 902. The molecule has 1 aromatic heterocycles. The fourth-order valence-electron chi connectivity index (χ4n) is 2.20. The first-order valence-electron chi connectivity index (χ1n) is 7.43. The molecule has 0 atom stereocenters. The van der Waals surface area contributed by atoms with Crippen LogP contribution in [0.25, 0.3) is 11.3 Å². The molecule has 0 aliphatic rings. The van der Waals surface area contributed by atoms with Crippen LogP contribution in [0.1, 0.15) is 17.3 Å². The summed E-state index contributed by atoms with van der Waals surface area (Å²) in [5.41, 5.74) is 3.35. The van der Waals surface area contributed by atoms with Gasteiger partial charge in [0.25, 0.3) is 0 Å². The summed E-state index contributed by atoms with van der Waals surface area (Å²) in [4.78, 5) is 26.3. The molecule has 3 rings (SSSR count). The van der Waals surface area contributed by atoms with Crippen molar-refractivity contribution < 1.29 is 14.7 Å². The largest absolute Gasteiger partial charge is 0.545 e. The molecule has 0 radical (unpaired) electrons. The van der Waals surface area contributed by atoms with Crippen LogP contribution in [0.15, 0.2) is 53.9 Å². The fourth-order valence-corrected chi connectivity index (χ4v) is 2.94. The van der Waals surface area contributed by atoms with Crippen LogP contribution in [0.3, 0.4) is 0 Å². The van der Waals surface area contributed by atoms with Crippen LogP contribution >= 0.6 is 11.3 Å². The molecule has 7 heteroatoms. The minimum Gasteiger partial charge on any atom is -0.545 e. The number of anilines is 3. The molecule has 2 aromatic carbocycles. The smallest absolute Gasteiger partial charge is 0.221 e. The lowest BCUT2D eigenvalue weighted by molar-refractivity contribution is -0.255. The van der Waals surface area contributed by atoms with Gasteiger partial charge in [-0.05, 0) is 29.8 Å². The normalized spacial score (nSPS) is 10.3. The van der Waals surface area contributed by atoms with E-state index < -0.39 is 5.97 Å². The molecule has 1 heterocycles. The highest BCUT2D eigenvalue weighted by atomic mass is 32.1. The number of carbonyl (C=O) groups is 2.